The molecular formula is C14H28N2O3. The molecule has 5 heteroatoms. The molecule has 0 aromatic rings. The molecule has 0 aromatic carbocycles. The Kier molecular flexibility index (Phi) is 7.16. The number of urea groups is 1. The number of ether oxygens (including phenoxy) is 1. The van der Waals surface area contributed by atoms with Gasteiger partial charge in [-0.15, -0.1) is 0 Å². The molecule has 0 heterocycles. The molecule has 1 fully saturated rings. The zero-order chi connectivity index (χ0) is 14.3. The quantitative estimate of drug-likeness (QED) is 0.688. The lowest BCUT2D eigenvalue weighted by molar-refractivity contribution is 0.0451. The molecule has 3 N–H and O–H groups in total. The molecule has 1 aliphatic rings. The van der Waals surface area contributed by atoms with Crippen molar-refractivity contribution in [2.75, 3.05) is 13.7 Å². The first-order valence-electron chi connectivity index (χ1n) is 7.29. The number of nitrogens with one attached hydrogen (secondary N) is 2. The third kappa shape index (κ3) is 5.78. The number of methoxy groups -OCH3 is 1. The van der Waals surface area contributed by atoms with Crippen LogP contribution in [0.5, 0.6) is 0 Å². The van der Waals surface area contributed by atoms with Crippen molar-refractivity contribution in [2.24, 2.45) is 5.92 Å². The lowest BCUT2D eigenvalue weighted by Crippen LogP contribution is -2.49. The number of rotatable bonds is 6. The van der Waals surface area contributed by atoms with Crippen LogP contribution in [-0.4, -0.2) is 43.0 Å². The van der Waals surface area contributed by atoms with E-state index in [0.29, 0.717) is 13.0 Å². The highest BCUT2D eigenvalue weighted by Gasteiger charge is 2.26. The van der Waals surface area contributed by atoms with Gasteiger partial charge in [-0.2, -0.15) is 0 Å². The third-order valence-corrected chi connectivity index (χ3v) is 3.82. The number of carbonyl (C=O) groups excluding carboxylic acids is 1. The summed E-state index contributed by atoms with van der Waals surface area (Å²) in [6.45, 7) is 4.43. The van der Waals surface area contributed by atoms with E-state index in [-0.39, 0.29) is 30.2 Å². The summed E-state index contributed by atoms with van der Waals surface area (Å²) in [6, 6.07) is -0.0568. The molecule has 112 valence electrons. The molecule has 1 saturated carbocycles. The van der Waals surface area contributed by atoms with Gasteiger partial charge in [0, 0.05) is 13.7 Å². The van der Waals surface area contributed by atoms with Crippen molar-refractivity contribution in [2.45, 2.75) is 64.2 Å². The van der Waals surface area contributed by atoms with Crippen molar-refractivity contribution in [3.63, 3.8) is 0 Å². The van der Waals surface area contributed by atoms with Gasteiger partial charge in [0.05, 0.1) is 18.2 Å². The Labute approximate surface area is 116 Å². The Bertz CT molecular complexity index is 271. The van der Waals surface area contributed by atoms with Gasteiger partial charge >= 0.3 is 6.03 Å². The predicted molar refractivity (Wildman–Crippen MR) is 75.0 cm³/mol. The lowest BCUT2D eigenvalue weighted by Gasteiger charge is -2.31. The number of carbonyl (C=O) groups is 1. The van der Waals surface area contributed by atoms with Crippen LogP contribution in [-0.2, 0) is 4.74 Å². The Morgan fingerprint density at radius 1 is 1.37 bits per heavy atom. The maximum Gasteiger partial charge on any atom is 0.315 e. The number of aliphatic hydroxyl groups excluding tert-OH is 1. The summed E-state index contributed by atoms with van der Waals surface area (Å²) in [4.78, 5) is 11.8. The van der Waals surface area contributed by atoms with Crippen molar-refractivity contribution in [3.05, 3.63) is 0 Å². The summed E-state index contributed by atoms with van der Waals surface area (Å²) in [5.41, 5.74) is 0. The topological polar surface area (TPSA) is 70.6 Å². The normalized spacial score (nSPS) is 25.1. The fraction of sp³-hybridized carbons (Fsp3) is 0.929. The first-order valence-corrected chi connectivity index (χ1v) is 7.29. The predicted octanol–water partition coefficient (Wildman–Crippen LogP) is 1.65. The molecule has 19 heavy (non-hydrogen) atoms. The maximum absolute atomic E-state index is 11.8. The molecule has 1 aliphatic carbocycles. The standard InChI is InChI=1S/C14H28N2O3/c1-10(2)12(17)8-9-15-14(18)16-11-6-4-5-7-13(11)19-3/h10-13,17H,4-9H2,1-3H3,(H2,15,16,18). The van der Waals surface area contributed by atoms with Crippen LogP contribution in [0.25, 0.3) is 0 Å². The van der Waals surface area contributed by atoms with Crippen molar-refractivity contribution >= 4 is 6.03 Å². The highest BCUT2D eigenvalue weighted by molar-refractivity contribution is 5.74. The summed E-state index contributed by atoms with van der Waals surface area (Å²) in [5.74, 6) is 0.223. The molecule has 0 aromatic heterocycles. The number of aliphatic hydroxyl groups is 1. The average Bonchev–Trinajstić information content (AvgIpc) is 2.39. The van der Waals surface area contributed by atoms with E-state index in [1.807, 2.05) is 13.8 Å². The van der Waals surface area contributed by atoms with Gasteiger partial charge < -0.3 is 20.5 Å². The zero-order valence-corrected chi connectivity index (χ0v) is 12.3. The van der Waals surface area contributed by atoms with Crippen molar-refractivity contribution in [1.29, 1.82) is 0 Å². The van der Waals surface area contributed by atoms with E-state index >= 15 is 0 Å². The molecule has 0 spiro atoms. The average molecular weight is 272 g/mol. The lowest BCUT2D eigenvalue weighted by atomic mass is 9.92. The van der Waals surface area contributed by atoms with Crippen LogP contribution in [0.15, 0.2) is 0 Å². The van der Waals surface area contributed by atoms with Crippen LogP contribution in [0.2, 0.25) is 0 Å². The minimum atomic E-state index is -0.360. The molecule has 1 rings (SSSR count). The number of amides is 2. The van der Waals surface area contributed by atoms with E-state index in [0.717, 1.165) is 19.3 Å². The zero-order valence-electron chi connectivity index (χ0n) is 12.3. The summed E-state index contributed by atoms with van der Waals surface area (Å²) in [6.07, 6.45) is 4.63. The number of hydrogen-bond donors (Lipinski definition) is 3. The smallest absolute Gasteiger partial charge is 0.315 e. The molecule has 3 atom stereocenters. The highest BCUT2D eigenvalue weighted by atomic mass is 16.5. The van der Waals surface area contributed by atoms with Gasteiger partial charge in [0.15, 0.2) is 0 Å². The second-order valence-electron chi connectivity index (χ2n) is 5.67. The molecule has 0 bridgehead atoms. The van der Waals surface area contributed by atoms with Gasteiger partial charge in [-0.3, -0.25) is 0 Å². The third-order valence-electron chi connectivity index (χ3n) is 3.82. The summed E-state index contributed by atoms with van der Waals surface area (Å²) < 4.78 is 5.40. The fourth-order valence-electron chi connectivity index (χ4n) is 2.43. The van der Waals surface area contributed by atoms with Gasteiger partial charge in [-0.05, 0) is 25.2 Å². The highest BCUT2D eigenvalue weighted by Crippen LogP contribution is 2.20. The molecule has 5 nitrogen and oxygen atoms in total. The van der Waals surface area contributed by atoms with E-state index in [9.17, 15) is 9.90 Å². The second-order valence-corrected chi connectivity index (χ2v) is 5.67. The van der Waals surface area contributed by atoms with Crippen LogP contribution in [0.4, 0.5) is 4.79 Å². The van der Waals surface area contributed by atoms with Gasteiger partial charge in [-0.25, -0.2) is 4.79 Å². The van der Waals surface area contributed by atoms with Crippen molar-refractivity contribution in [1.82, 2.24) is 10.6 Å². The fourth-order valence-corrected chi connectivity index (χ4v) is 2.43. The van der Waals surface area contributed by atoms with E-state index in [1.54, 1.807) is 7.11 Å². The Morgan fingerprint density at radius 2 is 2.05 bits per heavy atom. The molecule has 0 radical (unpaired) electrons. The van der Waals surface area contributed by atoms with Crippen LogP contribution in [0, 0.1) is 5.92 Å². The van der Waals surface area contributed by atoms with Crippen LogP contribution < -0.4 is 10.6 Å². The van der Waals surface area contributed by atoms with Gasteiger partial charge in [-0.1, -0.05) is 26.7 Å². The maximum atomic E-state index is 11.8. The first kappa shape index (κ1) is 16.2. The molecule has 0 saturated heterocycles. The Hall–Kier alpha value is -0.810. The van der Waals surface area contributed by atoms with Gasteiger partial charge in [0.2, 0.25) is 0 Å². The first-order chi connectivity index (χ1) is 9.04. The van der Waals surface area contributed by atoms with Gasteiger partial charge in [0.1, 0.15) is 0 Å². The summed E-state index contributed by atoms with van der Waals surface area (Å²) in [7, 11) is 1.70. The molecule has 3 unspecified atom stereocenters. The number of hydrogen-bond acceptors (Lipinski definition) is 3. The largest absolute Gasteiger partial charge is 0.393 e. The van der Waals surface area contributed by atoms with E-state index in [2.05, 4.69) is 10.6 Å². The Balaban J connectivity index is 2.22. The Morgan fingerprint density at radius 3 is 2.68 bits per heavy atom. The van der Waals surface area contributed by atoms with Gasteiger partial charge in [0.25, 0.3) is 0 Å². The molecular weight excluding hydrogens is 244 g/mol. The minimum absolute atomic E-state index is 0.105. The van der Waals surface area contributed by atoms with E-state index < -0.39 is 0 Å². The van der Waals surface area contributed by atoms with Crippen LogP contribution in [0.1, 0.15) is 46.0 Å². The minimum Gasteiger partial charge on any atom is -0.393 e. The summed E-state index contributed by atoms with van der Waals surface area (Å²) in [5, 5.41) is 15.4. The SMILES string of the molecule is COC1CCCCC1NC(=O)NCCC(O)C(C)C. The molecule has 2 amide bonds. The van der Waals surface area contributed by atoms with E-state index in [4.69, 9.17) is 4.74 Å². The van der Waals surface area contributed by atoms with Crippen molar-refractivity contribution in [3.8, 4) is 0 Å². The van der Waals surface area contributed by atoms with Crippen molar-refractivity contribution < 1.29 is 14.6 Å². The van der Waals surface area contributed by atoms with Crippen LogP contribution >= 0.6 is 0 Å². The summed E-state index contributed by atoms with van der Waals surface area (Å²) >= 11 is 0. The monoisotopic (exact) mass is 272 g/mol. The van der Waals surface area contributed by atoms with Crippen LogP contribution in [0.3, 0.4) is 0 Å². The molecule has 0 aliphatic heterocycles. The van der Waals surface area contributed by atoms with E-state index in [1.165, 1.54) is 6.42 Å². The second kappa shape index (κ2) is 8.38.